The molecule has 2 aliphatic heterocycles. The van der Waals surface area contributed by atoms with Gasteiger partial charge in [0.2, 0.25) is 5.91 Å². The van der Waals surface area contributed by atoms with Gasteiger partial charge < -0.3 is 15.5 Å². The molecule has 2 bridgehead atoms. The molecule has 0 saturated carbocycles. The van der Waals surface area contributed by atoms with Crippen molar-refractivity contribution in [2.75, 3.05) is 25.0 Å². The van der Waals surface area contributed by atoms with Crippen LogP contribution in [-0.2, 0) is 4.79 Å². The quantitative estimate of drug-likeness (QED) is 0.681. The Kier molecular flexibility index (Phi) is 9.69. The lowest BCUT2D eigenvalue weighted by atomic mass is 9.89. The van der Waals surface area contributed by atoms with Gasteiger partial charge in [0.05, 0.1) is 5.69 Å². The number of carbonyl (C=O) groups is 1. The van der Waals surface area contributed by atoms with Crippen LogP contribution in [0.25, 0.3) is 0 Å². The summed E-state index contributed by atoms with van der Waals surface area (Å²) in [4.78, 5) is 14.0. The zero-order chi connectivity index (χ0) is 16.9. The maximum atomic E-state index is 13.7. The van der Waals surface area contributed by atoms with Crippen molar-refractivity contribution in [3.8, 4) is 0 Å². The van der Waals surface area contributed by atoms with Crippen LogP contribution in [0.1, 0.15) is 38.5 Å². The summed E-state index contributed by atoms with van der Waals surface area (Å²) >= 11 is 0. The number of piperidine rings is 1. The maximum Gasteiger partial charge on any atom is 0.220 e. The summed E-state index contributed by atoms with van der Waals surface area (Å²) in [5.74, 6) is 0.490. The van der Waals surface area contributed by atoms with Gasteiger partial charge in [0.1, 0.15) is 5.82 Å². The van der Waals surface area contributed by atoms with E-state index < -0.39 is 0 Å². The van der Waals surface area contributed by atoms with E-state index in [-0.39, 0.29) is 36.5 Å². The van der Waals surface area contributed by atoms with E-state index in [1.165, 1.54) is 18.9 Å². The number of hydrogen-bond acceptors (Lipinski definition) is 3. The maximum absolute atomic E-state index is 13.7. The van der Waals surface area contributed by atoms with E-state index >= 15 is 0 Å². The summed E-state index contributed by atoms with van der Waals surface area (Å²) in [5, 5.41) is 6.63. The molecule has 2 aliphatic rings. The molecule has 2 unspecified atom stereocenters. The summed E-state index contributed by atoms with van der Waals surface area (Å²) in [6, 6.07) is 8.05. The highest BCUT2D eigenvalue weighted by Crippen LogP contribution is 2.32. The van der Waals surface area contributed by atoms with Crippen molar-refractivity contribution in [2.45, 2.75) is 50.6 Å². The van der Waals surface area contributed by atoms with Gasteiger partial charge in [0.25, 0.3) is 0 Å². The standard InChI is InChI=1S/C19H28FN3O.2ClH/c1-23(18-6-3-2-5-17(18)20)10-4-9-21-19(24)13-14-11-15-7-8-16(12-14)22-15;;/h2-3,5-6,14-16,22H,4,7-13H2,1H3,(H,21,24);2*1H. The van der Waals surface area contributed by atoms with Crippen molar-refractivity contribution in [1.82, 2.24) is 10.6 Å². The zero-order valence-corrected chi connectivity index (χ0v) is 16.9. The van der Waals surface area contributed by atoms with Gasteiger partial charge in [-0.1, -0.05) is 12.1 Å². The Hall–Kier alpha value is -1.04. The Bertz CT molecular complexity index is 563. The summed E-state index contributed by atoms with van der Waals surface area (Å²) in [6.07, 6.45) is 6.28. The van der Waals surface area contributed by atoms with Gasteiger partial charge in [0.15, 0.2) is 0 Å². The highest BCUT2D eigenvalue weighted by Gasteiger charge is 2.34. The minimum atomic E-state index is -0.204. The number of nitrogens with zero attached hydrogens (tertiary/aromatic N) is 1. The Balaban J connectivity index is 0.00000169. The van der Waals surface area contributed by atoms with Gasteiger partial charge in [-0.3, -0.25) is 4.79 Å². The van der Waals surface area contributed by atoms with Crippen LogP contribution in [0.4, 0.5) is 10.1 Å². The number of halogens is 3. The highest BCUT2D eigenvalue weighted by atomic mass is 35.5. The molecule has 26 heavy (non-hydrogen) atoms. The molecule has 1 amide bonds. The number of fused-ring (bicyclic) bond motifs is 2. The van der Waals surface area contributed by atoms with Crippen LogP contribution in [0.5, 0.6) is 0 Å². The third kappa shape index (κ3) is 6.29. The molecule has 2 fully saturated rings. The minimum Gasteiger partial charge on any atom is -0.372 e. The average molecular weight is 406 g/mol. The predicted octanol–water partition coefficient (Wildman–Crippen LogP) is 3.53. The molecule has 0 aromatic heterocycles. The third-order valence-electron chi connectivity index (χ3n) is 5.30. The lowest BCUT2D eigenvalue weighted by molar-refractivity contribution is -0.122. The number of carbonyl (C=O) groups excluding carboxylic acids is 1. The van der Waals surface area contributed by atoms with E-state index in [4.69, 9.17) is 0 Å². The van der Waals surface area contributed by atoms with Gasteiger partial charge in [-0.2, -0.15) is 0 Å². The van der Waals surface area contributed by atoms with Crippen LogP contribution in [-0.4, -0.2) is 38.1 Å². The molecule has 1 aromatic rings. The summed E-state index contributed by atoms with van der Waals surface area (Å²) in [6.45, 7) is 1.37. The molecule has 4 nitrogen and oxygen atoms in total. The summed E-state index contributed by atoms with van der Waals surface area (Å²) < 4.78 is 13.7. The van der Waals surface area contributed by atoms with E-state index in [1.54, 1.807) is 12.1 Å². The molecule has 148 valence electrons. The van der Waals surface area contributed by atoms with Gasteiger partial charge in [-0.25, -0.2) is 4.39 Å². The van der Waals surface area contributed by atoms with Crippen molar-refractivity contribution < 1.29 is 9.18 Å². The average Bonchev–Trinajstić information content (AvgIpc) is 2.90. The second-order valence-electron chi connectivity index (χ2n) is 7.26. The molecule has 7 heteroatoms. The van der Waals surface area contributed by atoms with Crippen molar-refractivity contribution in [2.24, 2.45) is 5.92 Å². The first kappa shape index (κ1) is 23.0. The number of hydrogen-bond donors (Lipinski definition) is 2. The first-order chi connectivity index (χ1) is 11.6. The molecular weight excluding hydrogens is 376 g/mol. The molecule has 2 heterocycles. The number of para-hydroxylation sites is 1. The van der Waals surface area contributed by atoms with Gasteiger partial charge >= 0.3 is 0 Å². The van der Waals surface area contributed by atoms with E-state index in [2.05, 4.69) is 10.6 Å². The number of rotatable bonds is 7. The SMILES string of the molecule is CN(CCCNC(=O)CC1CC2CCC(C1)N2)c1ccccc1F.Cl.Cl. The molecule has 3 rings (SSSR count). The molecule has 2 N–H and O–H groups in total. The number of nitrogens with one attached hydrogen (secondary N) is 2. The van der Waals surface area contributed by atoms with Crippen LogP contribution in [0.2, 0.25) is 0 Å². The van der Waals surface area contributed by atoms with Crippen molar-refractivity contribution in [3.63, 3.8) is 0 Å². The second kappa shape index (κ2) is 11.0. The highest BCUT2D eigenvalue weighted by molar-refractivity contribution is 5.85. The van der Waals surface area contributed by atoms with E-state index in [1.807, 2.05) is 18.0 Å². The second-order valence-corrected chi connectivity index (χ2v) is 7.26. The summed E-state index contributed by atoms with van der Waals surface area (Å²) in [5.41, 5.74) is 0.606. The monoisotopic (exact) mass is 405 g/mol. The third-order valence-corrected chi connectivity index (χ3v) is 5.30. The number of anilines is 1. The van der Waals surface area contributed by atoms with Crippen LogP contribution in [0.15, 0.2) is 24.3 Å². The minimum absolute atomic E-state index is 0. The van der Waals surface area contributed by atoms with E-state index in [0.29, 0.717) is 36.7 Å². The fraction of sp³-hybridized carbons (Fsp3) is 0.632. The molecule has 0 aliphatic carbocycles. The molecule has 2 atom stereocenters. The van der Waals surface area contributed by atoms with E-state index in [9.17, 15) is 9.18 Å². The van der Waals surface area contributed by atoms with E-state index in [0.717, 1.165) is 25.8 Å². The van der Waals surface area contributed by atoms with Crippen molar-refractivity contribution in [1.29, 1.82) is 0 Å². The number of amides is 1. The normalized spacial score (nSPS) is 23.5. The Morgan fingerprint density at radius 2 is 1.88 bits per heavy atom. The molecule has 0 radical (unpaired) electrons. The molecular formula is C19H30Cl2FN3O. The smallest absolute Gasteiger partial charge is 0.220 e. The lowest BCUT2D eigenvalue weighted by Crippen LogP contribution is -2.40. The Morgan fingerprint density at radius 3 is 2.54 bits per heavy atom. The largest absolute Gasteiger partial charge is 0.372 e. The van der Waals surface area contributed by atoms with Gasteiger partial charge in [-0.15, -0.1) is 24.8 Å². The Labute approximate surface area is 168 Å². The van der Waals surface area contributed by atoms with Gasteiger partial charge in [-0.05, 0) is 50.2 Å². The zero-order valence-electron chi connectivity index (χ0n) is 15.2. The topological polar surface area (TPSA) is 44.4 Å². The van der Waals surface area contributed by atoms with Crippen LogP contribution in [0.3, 0.4) is 0 Å². The Morgan fingerprint density at radius 1 is 1.23 bits per heavy atom. The van der Waals surface area contributed by atoms with Crippen LogP contribution >= 0.6 is 24.8 Å². The fourth-order valence-corrected chi connectivity index (χ4v) is 4.10. The van der Waals surface area contributed by atoms with Crippen molar-refractivity contribution >= 4 is 36.4 Å². The van der Waals surface area contributed by atoms with Crippen LogP contribution < -0.4 is 15.5 Å². The first-order valence-corrected chi connectivity index (χ1v) is 9.10. The summed E-state index contributed by atoms with van der Waals surface area (Å²) in [7, 11) is 1.88. The van der Waals surface area contributed by atoms with Gasteiger partial charge in [0, 0.05) is 38.6 Å². The van der Waals surface area contributed by atoms with Crippen molar-refractivity contribution in [3.05, 3.63) is 30.1 Å². The van der Waals surface area contributed by atoms with Crippen LogP contribution in [0, 0.1) is 11.7 Å². The first-order valence-electron chi connectivity index (χ1n) is 9.10. The predicted molar refractivity (Wildman–Crippen MR) is 109 cm³/mol. The fourth-order valence-electron chi connectivity index (χ4n) is 4.10. The molecule has 0 spiro atoms. The molecule has 1 aromatic carbocycles. The lowest BCUT2D eigenvalue weighted by Gasteiger charge is -2.28. The molecule has 2 saturated heterocycles. The number of benzene rings is 1.